The lowest BCUT2D eigenvalue weighted by molar-refractivity contribution is -0.160. The highest BCUT2D eigenvalue weighted by atomic mass is 16.5. The zero-order valence-electron chi connectivity index (χ0n) is 9.49. The molecule has 0 bridgehead atoms. The van der Waals surface area contributed by atoms with Crippen LogP contribution in [0.15, 0.2) is 17.9 Å². The lowest BCUT2D eigenvalue weighted by Gasteiger charge is -2.18. The van der Waals surface area contributed by atoms with Gasteiger partial charge in [0, 0.05) is 5.92 Å². The third kappa shape index (κ3) is 3.26. The maximum Gasteiger partial charge on any atom is 0.320 e. The molecule has 0 N–H and O–H groups in total. The molecule has 0 fully saturated rings. The molecule has 4 heteroatoms. The first kappa shape index (κ1) is 13.5. The molecule has 15 heavy (non-hydrogen) atoms. The Balaban J connectivity index is 5.02. The number of methoxy groups -OCH3 is 2. The molecule has 4 nitrogen and oxygen atoms in total. The van der Waals surface area contributed by atoms with Crippen molar-refractivity contribution in [2.45, 2.75) is 13.8 Å². The van der Waals surface area contributed by atoms with Crippen molar-refractivity contribution >= 4 is 11.9 Å². The summed E-state index contributed by atoms with van der Waals surface area (Å²) < 4.78 is 9.10. The van der Waals surface area contributed by atoms with Gasteiger partial charge in [-0.05, 0) is 12.5 Å². The van der Waals surface area contributed by atoms with Crippen LogP contribution in [0.2, 0.25) is 0 Å². The number of carbonyl (C=O) groups excluding carboxylic acids is 2. The third-order valence-electron chi connectivity index (χ3n) is 2.37. The summed E-state index contributed by atoms with van der Waals surface area (Å²) in [6, 6.07) is 0. The number of hydrogen-bond acceptors (Lipinski definition) is 4. The molecule has 0 heterocycles. The fraction of sp³-hybridized carbons (Fsp3) is 0.545. The molecule has 0 aliphatic rings. The topological polar surface area (TPSA) is 52.6 Å². The molecule has 84 valence electrons. The van der Waals surface area contributed by atoms with Gasteiger partial charge in [-0.25, -0.2) is 0 Å². The van der Waals surface area contributed by atoms with Gasteiger partial charge in [0.25, 0.3) is 0 Å². The summed E-state index contributed by atoms with van der Waals surface area (Å²) in [5.74, 6) is -2.50. The maximum atomic E-state index is 11.4. The highest BCUT2D eigenvalue weighted by Gasteiger charge is 2.34. The van der Waals surface area contributed by atoms with Crippen LogP contribution in [0.5, 0.6) is 0 Å². The molecule has 0 spiro atoms. The Bertz CT molecular complexity index is 284. The van der Waals surface area contributed by atoms with Crippen molar-refractivity contribution in [3.05, 3.63) is 17.9 Å². The van der Waals surface area contributed by atoms with Crippen LogP contribution in [0.3, 0.4) is 0 Å². The van der Waals surface area contributed by atoms with E-state index >= 15 is 0 Å². The Kier molecular flexibility index (Phi) is 5.42. The molecule has 0 aliphatic heterocycles. The molecule has 1 unspecified atom stereocenters. The average Bonchev–Trinajstić information content (AvgIpc) is 2.27. The van der Waals surface area contributed by atoms with Gasteiger partial charge in [0.2, 0.25) is 0 Å². The molecule has 0 aromatic rings. The Labute approximate surface area is 89.6 Å². The van der Waals surface area contributed by atoms with E-state index in [2.05, 4.69) is 21.8 Å². The largest absolute Gasteiger partial charge is 0.468 e. The van der Waals surface area contributed by atoms with E-state index in [1.165, 1.54) is 14.2 Å². The Morgan fingerprint density at radius 1 is 1.20 bits per heavy atom. The molecule has 0 rings (SSSR count). The molecular weight excluding hydrogens is 196 g/mol. The summed E-state index contributed by atoms with van der Waals surface area (Å²) >= 11 is 0. The van der Waals surface area contributed by atoms with Crippen molar-refractivity contribution < 1.29 is 19.1 Å². The normalized spacial score (nSPS) is 11.5. The van der Waals surface area contributed by atoms with Crippen LogP contribution in [-0.2, 0) is 19.1 Å². The predicted octanol–water partition coefficient (Wildman–Crippen LogP) is 1.32. The minimum Gasteiger partial charge on any atom is -0.468 e. The van der Waals surface area contributed by atoms with Gasteiger partial charge in [-0.1, -0.05) is 13.5 Å². The lowest BCUT2D eigenvalue weighted by Crippen LogP contribution is -2.32. The maximum absolute atomic E-state index is 11.4. The van der Waals surface area contributed by atoms with Crippen molar-refractivity contribution in [3.8, 4) is 0 Å². The SMILES string of the molecule is C=C=C(C)C(C)C(C(=O)OC)C(=O)OC. The quantitative estimate of drug-likeness (QED) is 0.400. The number of rotatable bonds is 4. The van der Waals surface area contributed by atoms with Crippen molar-refractivity contribution in [1.29, 1.82) is 0 Å². The van der Waals surface area contributed by atoms with Crippen molar-refractivity contribution in [2.75, 3.05) is 14.2 Å². The molecule has 0 saturated heterocycles. The van der Waals surface area contributed by atoms with Gasteiger partial charge >= 0.3 is 11.9 Å². The first-order valence-corrected chi connectivity index (χ1v) is 4.51. The molecule has 0 radical (unpaired) electrons. The van der Waals surface area contributed by atoms with Gasteiger partial charge in [0.05, 0.1) is 14.2 Å². The van der Waals surface area contributed by atoms with E-state index < -0.39 is 17.9 Å². The van der Waals surface area contributed by atoms with E-state index in [4.69, 9.17) is 0 Å². The van der Waals surface area contributed by atoms with Crippen molar-refractivity contribution in [3.63, 3.8) is 0 Å². The van der Waals surface area contributed by atoms with Gasteiger partial charge in [-0.3, -0.25) is 9.59 Å². The standard InChI is InChI=1S/C11H16O4/c1-6-7(2)8(3)9(10(12)14-4)11(13)15-5/h8-9H,1H2,2-5H3. The van der Waals surface area contributed by atoms with Crippen LogP contribution in [0.1, 0.15) is 13.8 Å². The number of hydrogen-bond donors (Lipinski definition) is 0. The second-order valence-corrected chi connectivity index (χ2v) is 3.17. The number of allylic oxidation sites excluding steroid dienone is 1. The highest BCUT2D eigenvalue weighted by molar-refractivity contribution is 5.95. The van der Waals surface area contributed by atoms with Crippen LogP contribution in [-0.4, -0.2) is 26.2 Å². The lowest BCUT2D eigenvalue weighted by atomic mass is 9.88. The van der Waals surface area contributed by atoms with Crippen molar-refractivity contribution in [2.24, 2.45) is 11.8 Å². The highest BCUT2D eigenvalue weighted by Crippen LogP contribution is 2.21. The average molecular weight is 212 g/mol. The molecule has 1 atom stereocenters. The molecular formula is C11H16O4. The van der Waals surface area contributed by atoms with Gasteiger partial charge in [-0.2, -0.15) is 0 Å². The van der Waals surface area contributed by atoms with Gasteiger partial charge in [0.1, 0.15) is 0 Å². The number of ether oxygens (including phenoxy) is 2. The predicted molar refractivity (Wildman–Crippen MR) is 55.0 cm³/mol. The first-order chi connectivity index (χ1) is 6.99. The fourth-order valence-electron chi connectivity index (χ4n) is 1.17. The summed E-state index contributed by atoms with van der Waals surface area (Å²) in [7, 11) is 2.47. The molecule has 0 aliphatic carbocycles. The van der Waals surface area contributed by atoms with Gasteiger partial charge < -0.3 is 9.47 Å². The summed E-state index contributed by atoms with van der Waals surface area (Å²) in [5.41, 5.74) is 3.37. The van der Waals surface area contributed by atoms with Crippen LogP contribution in [0, 0.1) is 11.8 Å². The zero-order valence-corrected chi connectivity index (χ0v) is 9.49. The fourth-order valence-corrected chi connectivity index (χ4v) is 1.17. The minimum atomic E-state index is -0.950. The van der Waals surface area contributed by atoms with E-state index in [9.17, 15) is 9.59 Å². The molecule has 0 aromatic heterocycles. The van der Waals surface area contributed by atoms with Crippen molar-refractivity contribution in [1.82, 2.24) is 0 Å². The minimum absolute atomic E-state index is 0.331. The Hall–Kier alpha value is -1.54. The van der Waals surface area contributed by atoms with E-state index in [0.717, 1.165) is 5.57 Å². The second kappa shape index (κ2) is 6.04. The van der Waals surface area contributed by atoms with E-state index in [-0.39, 0.29) is 5.92 Å². The smallest absolute Gasteiger partial charge is 0.320 e. The number of carbonyl (C=O) groups is 2. The van der Waals surface area contributed by atoms with Crippen LogP contribution < -0.4 is 0 Å². The summed E-state index contributed by atoms with van der Waals surface area (Å²) in [6.45, 7) is 6.94. The van der Waals surface area contributed by atoms with E-state index in [0.29, 0.717) is 0 Å². The monoisotopic (exact) mass is 212 g/mol. The molecule has 0 saturated carbocycles. The molecule has 0 aromatic carbocycles. The second-order valence-electron chi connectivity index (χ2n) is 3.17. The van der Waals surface area contributed by atoms with E-state index in [1.807, 2.05) is 0 Å². The van der Waals surface area contributed by atoms with Crippen LogP contribution >= 0.6 is 0 Å². The number of esters is 2. The summed E-state index contributed by atoms with van der Waals surface area (Å²) in [5, 5.41) is 0. The van der Waals surface area contributed by atoms with E-state index in [1.54, 1.807) is 13.8 Å². The Morgan fingerprint density at radius 2 is 1.60 bits per heavy atom. The molecule has 0 amide bonds. The summed E-state index contributed by atoms with van der Waals surface area (Å²) in [6.07, 6.45) is 0. The van der Waals surface area contributed by atoms with Crippen LogP contribution in [0.4, 0.5) is 0 Å². The third-order valence-corrected chi connectivity index (χ3v) is 2.37. The Morgan fingerprint density at radius 3 is 1.87 bits per heavy atom. The zero-order chi connectivity index (χ0) is 12.0. The van der Waals surface area contributed by atoms with Gasteiger partial charge in [-0.15, -0.1) is 5.73 Å². The van der Waals surface area contributed by atoms with Gasteiger partial charge in [0.15, 0.2) is 5.92 Å². The summed E-state index contributed by atoms with van der Waals surface area (Å²) in [4.78, 5) is 22.8. The first-order valence-electron chi connectivity index (χ1n) is 4.51. The van der Waals surface area contributed by atoms with Crippen LogP contribution in [0.25, 0.3) is 0 Å².